The van der Waals surface area contributed by atoms with Crippen molar-refractivity contribution in [1.82, 2.24) is 10.2 Å². The quantitative estimate of drug-likeness (QED) is 0.790. The van der Waals surface area contributed by atoms with E-state index in [9.17, 15) is 0 Å². The van der Waals surface area contributed by atoms with E-state index in [1.54, 1.807) is 0 Å². The molecule has 0 amide bonds. The first-order valence-electron chi connectivity index (χ1n) is 7.09. The lowest BCUT2D eigenvalue weighted by Gasteiger charge is -2.48. The summed E-state index contributed by atoms with van der Waals surface area (Å²) in [6.45, 7) is 12.1. The maximum atomic E-state index is 3.74. The predicted molar refractivity (Wildman–Crippen MR) is 69.7 cm³/mol. The molecule has 0 bridgehead atoms. The lowest BCUT2D eigenvalue weighted by atomic mass is 9.70. The van der Waals surface area contributed by atoms with Crippen LogP contribution >= 0.6 is 0 Å². The van der Waals surface area contributed by atoms with Crippen molar-refractivity contribution in [3.8, 4) is 0 Å². The Kier molecular flexibility index (Phi) is 3.60. The number of nitrogens with zero attached hydrogens (tertiary/aromatic N) is 1. The summed E-state index contributed by atoms with van der Waals surface area (Å²) in [6, 6.07) is 0. The van der Waals surface area contributed by atoms with Crippen LogP contribution in [-0.4, -0.2) is 36.6 Å². The van der Waals surface area contributed by atoms with Crippen molar-refractivity contribution >= 4 is 0 Å². The third kappa shape index (κ3) is 2.43. The highest BCUT2D eigenvalue weighted by Gasteiger charge is 2.37. The number of rotatable bonds is 4. The molecule has 2 heteroatoms. The summed E-state index contributed by atoms with van der Waals surface area (Å²) in [5.74, 6) is 0. The zero-order valence-electron chi connectivity index (χ0n) is 11.3. The molecule has 0 radical (unpaired) electrons. The second kappa shape index (κ2) is 4.66. The van der Waals surface area contributed by atoms with Crippen LogP contribution < -0.4 is 5.32 Å². The van der Waals surface area contributed by atoms with Crippen LogP contribution in [-0.2, 0) is 0 Å². The van der Waals surface area contributed by atoms with E-state index >= 15 is 0 Å². The van der Waals surface area contributed by atoms with Gasteiger partial charge in [0.1, 0.15) is 0 Å². The van der Waals surface area contributed by atoms with Crippen LogP contribution in [0.2, 0.25) is 0 Å². The Morgan fingerprint density at radius 1 is 1.19 bits per heavy atom. The molecule has 1 N–H and O–H groups in total. The molecular formula is C14H28N2. The first-order chi connectivity index (χ1) is 7.61. The molecular weight excluding hydrogens is 196 g/mol. The Hall–Kier alpha value is -0.0800. The molecule has 1 saturated carbocycles. The highest BCUT2D eigenvalue weighted by atomic mass is 15.2. The van der Waals surface area contributed by atoms with Crippen LogP contribution in [0.25, 0.3) is 0 Å². The van der Waals surface area contributed by atoms with Crippen LogP contribution in [0.1, 0.15) is 52.9 Å². The Bertz CT molecular complexity index is 229. The summed E-state index contributed by atoms with van der Waals surface area (Å²) < 4.78 is 0. The van der Waals surface area contributed by atoms with E-state index in [4.69, 9.17) is 0 Å². The standard InChI is InChI=1S/C14H28N2/c1-4-14(5-2)12-16(10-9-15-14)11-13(3)7-6-8-13/h15H,4-12H2,1-3H3. The van der Waals surface area contributed by atoms with Gasteiger partial charge in [0.2, 0.25) is 0 Å². The van der Waals surface area contributed by atoms with Crippen molar-refractivity contribution in [1.29, 1.82) is 0 Å². The van der Waals surface area contributed by atoms with Gasteiger partial charge in [-0.15, -0.1) is 0 Å². The van der Waals surface area contributed by atoms with E-state index in [0.29, 0.717) is 11.0 Å². The van der Waals surface area contributed by atoms with Gasteiger partial charge in [-0.25, -0.2) is 0 Å². The fraction of sp³-hybridized carbons (Fsp3) is 1.00. The van der Waals surface area contributed by atoms with Crippen LogP contribution in [0.4, 0.5) is 0 Å². The Morgan fingerprint density at radius 2 is 1.88 bits per heavy atom. The number of hydrogen-bond donors (Lipinski definition) is 1. The van der Waals surface area contributed by atoms with E-state index in [1.807, 2.05) is 0 Å². The van der Waals surface area contributed by atoms with E-state index in [0.717, 1.165) is 0 Å². The summed E-state index contributed by atoms with van der Waals surface area (Å²) in [5.41, 5.74) is 1.04. The molecule has 2 rings (SSSR count). The minimum atomic E-state index is 0.401. The van der Waals surface area contributed by atoms with Crippen molar-refractivity contribution in [2.75, 3.05) is 26.2 Å². The van der Waals surface area contributed by atoms with Crippen molar-refractivity contribution in [3.63, 3.8) is 0 Å². The first kappa shape index (κ1) is 12.4. The van der Waals surface area contributed by atoms with Gasteiger partial charge < -0.3 is 5.32 Å². The average Bonchev–Trinajstić information content (AvgIpc) is 2.27. The zero-order valence-corrected chi connectivity index (χ0v) is 11.3. The lowest BCUT2D eigenvalue weighted by Crippen LogP contribution is -2.61. The van der Waals surface area contributed by atoms with Gasteiger partial charge in [-0.3, -0.25) is 4.90 Å². The number of piperazine rings is 1. The minimum absolute atomic E-state index is 0.401. The minimum Gasteiger partial charge on any atom is -0.309 e. The van der Waals surface area contributed by atoms with Gasteiger partial charge >= 0.3 is 0 Å². The summed E-state index contributed by atoms with van der Waals surface area (Å²) in [4.78, 5) is 2.71. The molecule has 0 aromatic heterocycles. The third-order valence-corrected chi connectivity index (χ3v) is 4.97. The largest absolute Gasteiger partial charge is 0.309 e. The lowest BCUT2D eigenvalue weighted by molar-refractivity contribution is 0.0434. The molecule has 2 aliphatic rings. The highest BCUT2D eigenvalue weighted by Crippen LogP contribution is 2.41. The fourth-order valence-electron chi connectivity index (χ4n) is 3.38. The normalized spacial score (nSPS) is 28.7. The van der Waals surface area contributed by atoms with Crippen molar-refractivity contribution in [3.05, 3.63) is 0 Å². The van der Waals surface area contributed by atoms with Gasteiger partial charge in [-0.2, -0.15) is 0 Å². The first-order valence-corrected chi connectivity index (χ1v) is 7.09. The van der Waals surface area contributed by atoms with Crippen LogP contribution in [0.3, 0.4) is 0 Å². The summed E-state index contributed by atoms with van der Waals surface area (Å²) in [6.07, 6.45) is 6.87. The molecule has 1 heterocycles. The summed E-state index contributed by atoms with van der Waals surface area (Å²) in [7, 11) is 0. The van der Waals surface area contributed by atoms with Crippen LogP contribution in [0, 0.1) is 5.41 Å². The third-order valence-electron chi connectivity index (χ3n) is 4.97. The Labute approximate surface area is 101 Å². The molecule has 2 nitrogen and oxygen atoms in total. The van der Waals surface area contributed by atoms with Gasteiger partial charge in [-0.1, -0.05) is 27.2 Å². The van der Waals surface area contributed by atoms with Gasteiger partial charge in [0, 0.05) is 31.7 Å². The molecule has 0 spiro atoms. The second-order valence-electron chi connectivity index (χ2n) is 6.29. The molecule has 1 aliphatic heterocycles. The molecule has 0 aromatic rings. The Balaban J connectivity index is 1.91. The summed E-state index contributed by atoms with van der Waals surface area (Å²) in [5, 5.41) is 3.74. The molecule has 0 aromatic carbocycles. The second-order valence-corrected chi connectivity index (χ2v) is 6.29. The zero-order chi connectivity index (χ0) is 11.6. The Morgan fingerprint density at radius 3 is 2.38 bits per heavy atom. The highest BCUT2D eigenvalue weighted by molar-refractivity contribution is 4.95. The molecule has 0 unspecified atom stereocenters. The molecule has 16 heavy (non-hydrogen) atoms. The van der Waals surface area contributed by atoms with E-state index in [2.05, 4.69) is 31.0 Å². The number of hydrogen-bond acceptors (Lipinski definition) is 2. The average molecular weight is 224 g/mol. The molecule has 2 fully saturated rings. The van der Waals surface area contributed by atoms with Crippen molar-refractivity contribution in [2.24, 2.45) is 5.41 Å². The van der Waals surface area contributed by atoms with E-state index < -0.39 is 0 Å². The van der Waals surface area contributed by atoms with Crippen LogP contribution in [0.5, 0.6) is 0 Å². The summed E-state index contributed by atoms with van der Waals surface area (Å²) >= 11 is 0. The smallest absolute Gasteiger partial charge is 0.0304 e. The topological polar surface area (TPSA) is 15.3 Å². The maximum Gasteiger partial charge on any atom is 0.0304 e. The van der Waals surface area contributed by atoms with E-state index in [1.165, 1.54) is 58.3 Å². The molecule has 0 atom stereocenters. The van der Waals surface area contributed by atoms with Gasteiger partial charge in [0.05, 0.1) is 0 Å². The molecule has 94 valence electrons. The van der Waals surface area contributed by atoms with E-state index in [-0.39, 0.29) is 0 Å². The number of nitrogens with one attached hydrogen (secondary N) is 1. The van der Waals surface area contributed by atoms with Crippen molar-refractivity contribution in [2.45, 2.75) is 58.4 Å². The van der Waals surface area contributed by atoms with Crippen LogP contribution in [0.15, 0.2) is 0 Å². The fourth-order valence-corrected chi connectivity index (χ4v) is 3.38. The van der Waals surface area contributed by atoms with Gasteiger partial charge in [0.25, 0.3) is 0 Å². The van der Waals surface area contributed by atoms with Crippen molar-refractivity contribution < 1.29 is 0 Å². The van der Waals surface area contributed by atoms with Gasteiger partial charge in [0.15, 0.2) is 0 Å². The maximum absolute atomic E-state index is 3.74. The van der Waals surface area contributed by atoms with Gasteiger partial charge in [-0.05, 0) is 31.1 Å². The molecule has 1 aliphatic carbocycles. The monoisotopic (exact) mass is 224 g/mol. The predicted octanol–water partition coefficient (Wildman–Crippen LogP) is 2.64. The SMILES string of the molecule is CCC1(CC)CN(CC2(C)CCC2)CCN1. The molecule has 1 saturated heterocycles.